The van der Waals surface area contributed by atoms with Gasteiger partial charge in [-0.25, -0.2) is 56.7 Å². The molecule has 15 rings (SSSR count). The number of alkyl halides is 4. The van der Waals surface area contributed by atoms with Gasteiger partial charge < -0.3 is 62.4 Å². The first-order chi connectivity index (χ1) is 66.2. The summed E-state index contributed by atoms with van der Waals surface area (Å²) in [5, 5.41) is 36.1. The first kappa shape index (κ1) is 106. The topological polar surface area (TPSA) is 498 Å². The van der Waals surface area contributed by atoms with Gasteiger partial charge in [0.25, 0.3) is 17.7 Å². The number of ether oxygens (including phenoxy) is 2. The molecule has 3 fully saturated rings. The predicted molar refractivity (Wildman–Crippen MR) is 519 cm³/mol. The van der Waals surface area contributed by atoms with Gasteiger partial charge in [-0.1, -0.05) is 167 Å². The van der Waals surface area contributed by atoms with Crippen molar-refractivity contribution in [3.8, 4) is 50.6 Å². The number of nitrogens with one attached hydrogen (secondary N) is 3. The van der Waals surface area contributed by atoms with Gasteiger partial charge in [0.15, 0.2) is 60.1 Å². The number of halogens is 10. The lowest BCUT2D eigenvalue weighted by molar-refractivity contribution is -0.137. The van der Waals surface area contributed by atoms with Crippen LogP contribution in [-0.4, -0.2) is 212 Å². The van der Waals surface area contributed by atoms with Crippen LogP contribution in [0.3, 0.4) is 0 Å². The number of benzene rings is 9. The van der Waals surface area contributed by atoms with Crippen molar-refractivity contribution in [2.24, 2.45) is 33.2 Å². The fraction of sp³-hybridized carbons (Fsp3) is 0.298. The number of likely N-dealkylation sites (tertiary alicyclic amines) is 3. The van der Waals surface area contributed by atoms with Gasteiger partial charge in [0.1, 0.15) is 78.7 Å². The summed E-state index contributed by atoms with van der Waals surface area (Å²) in [4.78, 5) is 119. The van der Waals surface area contributed by atoms with Gasteiger partial charge in [0, 0.05) is 102 Å². The zero-order chi connectivity index (χ0) is 103. The number of sulfone groups is 2. The third kappa shape index (κ3) is 26.6. The number of anilines is 3. The molecule has 12 N–H and O–H groups in total. The van der Waals surface area contributed by atoms with E-state index < -0.39 is 187 Å². The normalized spacial score (nSPS) is 16.5. The molecule has 3 aliphatic rings. The van der Waals surface area contributed by atoms with E-state index in [0.717, 1.165) is 28.7 Å². The second-order valence-electron chi connectivity index (χ2n) is 35.5. The molecule has 47 heteroatoms. The van der Waals surface area contributed by atoms with Gasteiger partial charge in [0.05, 0.1) is 64.8 Å². The van der Waals surface area contributed by atoms with E-state index in [9.17, 15) is 86.7 Å². The maximum atomic E-state index is 15.5. The first-order valence-electron chi connectivity index (χ1n) is 42.9. The van der Waals surface area contributed by atoms with Crippen molar-refractivity contribution in [2.45, 2.75) is 117 Å². The molecule has 0 saturated carbocycles. The SMILES string of the molecule is CC(C)(C)CS(=O)(=O)CCl.CC(C)(C)CS(=O)(=O)COc1ccc2c(C(N)=O)nn(CC(=O)N3C[C@H](F)C[C@H]3C(=O)Nc3cccc(-c4ccccc4Cl)c3F)c2c1.NC(=O)c1nn(CC(=O)N2C[C@H](F)C[C@H]2C(=O)Nc2cccc(-c3ccccc3Cl)c2F)c2cc(O)ccc12.NC(=O)c1nn(CC(=O)N2C[C@H](F)C[C@H]2C(=O)Nc2cccc(-c3ccccc3Cl)c2F)c2cc(OCS(N)(=O)=O)ccc12. The minimum Gasteiger partial charge on any atom is -0.508 e. The Labute approximate surface area is 823 Å². The molecule has 3 aromatic heterocycles. The highest BCUT2D eigenvalue weighted by Gasteiger charge is 2.44. The molecule has 34 nitrogen and oxygen atoms in total. The Hall–Kier alpha value is -13.4. The number of sulfonamides is 1. The van der Waals surface area contributed by atoms with Gasteiger partial charge in [-0.05, 0) is 83.6 Å². The number of amides is 9. The molecule has 9 aromatic carbocycles. The van der Waals surface area contributed by atoms with Crippen LogP contribution in [0, 0.1) is 28.3 Å². The summed E-state index contributed by atoms with van der Waals surface area (Å²) in [6, 6.07) is 41.7. The largest absolute Gasteiger partial charge is 0.508 e. The van der Waals surface area contributed by atoms with Crippen LogP contribution in [0.1, 0.15) is 92.3 Å². The number of carbonyl (C=O) groups is 9. The smallest absolute Gasteiger partial charge is 0.269 e. The minimum absolute atomic E-state index is 0.0411. The maximum absolute atomic E-state index is 15.5. The van der Waals surface area contributed by atoms with E-state index in [4.69, 9.17) is 78.2 Å². The zero-order valence-corrected chi connectivity index (χ0v) is 81.4. The Morgan fingerprint density at radius 3 is 1.00 bits per heavy atom. The van der Waals surface area contributed by atoms with E-state index in [-0.39, 0.29) is 143 Å². The maximum Gasteiger partial charge on any atom is 0.269 e. The van der Waals surface area contributed by atoms with Gasteiger partial charge in [-0.15, -0.1) is 11.6 Å². The average molecular weight is 2090 g/mol. The van der Waals surface area contributed by atoms with Gasteiger partial charge in [0.2, 0.25) is 51.4 Å². The fourth-order valence-corrected chi connectivity index (χ4v) is 20.4. The van der Waals surface area contributed by atoms with Crippen LogP contribution in [0.4, 0.5) is 43.4 Å². The molecule has 0 spiro atoms. The molecule has 3 saturated heterocycles. The van der Waals surface area contributed by atoms with Crippen LogP contribution >= 0.6 is 46.4 Å². The highest BCUT2D eigenvalue weighted by atomic mass is 35.5. The molecule has 6 atom stereocenters. The summed E-state index contributed by atoms with van der Waals surface area (Å²) in [7, 11) is -10.6. The number of aromatic nitrogens is 6. The van der Waals surface area contributed by atoms with Crippen molar-refractivity contribution in [3.63, 3.8) is 0 Å². The van der Waals surface area contributed by atoms with Crippen molar-refractivity contribution in [2.75, 3.05) is 64.2 Å². The average Bonchev–Trinajstić information content (AvgIpc) is 1.64. The molecule has 0 unspecified atom stereocenters. The summed E-state index contributed by atoms with van der Waals surface area (Å²) in [6.07, 6.45) is -5.49. The van der Waals surface area contributed by atoms with Crippen LogP contribution in [0.25, 0.3) is 66.1 Å². The van der Waals surface area contributed by atoms with Crippen molar-refractivity contribution >= 4 is 179 Å². The number of nitrogens with zero attached hydrogens (tertiary/aromatic N) is 9. The standard InChI is InChI=1S/C33H34ClF2N5O6S.C28H25ClF2N6O6S.C27H22ClF2N5O4.C6H13ClO2S/c1-33(2,3)17-48(45,46)18-47-20-11-12-23-26(14-20)41(39-30(23)31(37)43)16-28(42)40-15-19(35)13-27(40)32(44)38-25-10-6-8-22(29(25)36)21-7-4-5-9-24(21)34;29-20-6-2-1-4-17(20)18-5-3-7-21(25(18)31)34-28(40)23-10-15(30)12-36(23)24(38)13-37-22-11-16(43-14-44(33,41)42)8-9-19(22)26(35-37)27(32)39;28-19-6-2-1-4-16(19)17-5-3-7-20(24(17)30)32-27(39)22-10-14(29)12-34(22)23(37)13-35-21-11-15(36)8-9-18(21)25(33-35)26(31)38;1-6(2,3)4-10(8,9)5-7/h4-12,14,19,27H,13,15-18H2,1-3H3,(H2,37,43)(H,38,44);1-9,11,15,23H,10,12-14H2,(H2,32,39)(H,34,40)(H2,33,41,42);1-9,11,14,22,36H,10,12-13H2,(H2,31,38)(H,32,39);4-5H2,1-3H3/t19-,27+;15-,23+;14-,22+;/m111./s1. The van der Waals surface area contributed by atoms with Crippen molar-refractivity contribution in [1.29, 1.82) is 0 Å². The molecule has 0 aliphatic carbocycles. The Balaban J connectivity index is 0.000000181. The van der Waals surface area contributed by atoms with E-state index in [1.165, 1.54) is 103 Å². The molecular formula is C94H94Cl4F6N16O18S3. The number of phenols is 1. The highest BCUT2D eigenvalue weighted by molar-refractivity contribution is 7.92. The van der Waals surface area contributed by atoms with Gasteiger partial charge in [-0.2, -0.15) is 15.3 Å². The summed E-state index contributed by atoms with van der Waals surface area (Å²) >= 11 is 23.9. The third-order valence-corrected chi connectivity index (χ3v) is 27.7. The number of fused-ring (bicyclic) bond motifs is 3. The molecule has 3 aliphatic heterocycles. The van der Waals surface area contributed by atoms with Crippen LogP contribution in [0.5, 0.6) is 17.2 Å². The van der Waals surface area contributed by atoms with Crippen LogP contribution < -0.4 is 47.8 Å². The quantitative estimate of drug-likeness (QED) is 0.0175. The Morgan fingerprint density at radius 1 is 0.418 bits per heavy atom. The first-order valence-corrected chi connectivity index (χ1v) is 49.9. The van der Waals surface area contributed by atoms with Crippen LogP contribution in [0.15, 0.2) is 182 Å². The fourth-order valence-electron chi connectivity index (χ4n) is 16.0. The number of primary amides is 3. The molecule has 12 aromatic rings. The van der Waals surface area contributed by atoms with Crippen molar-refractivity contribution in [1.82, 2.24) is 44.0 Å². The lowest BCUT2D eigenvalue weighted by Crippen LogP contribution is -2.44. The molecule has 6 heterocycles. The molecular weight excluding hydrogens is 1990 g/mol. The summed E-state index contributed by atoms with van der Waals surface area (Å²) in [6.45, 7) is 8.28. The third-order valence-electron chi connectivity index (χ3n) is 21.9. The minimum atomic E-state index is -3.97. The number of hydrogen-bond donors (Lipinski definition) is 8. The van der Waals surface area contributed by atoms with E-state index in [1.54, 1.807) is 99.6 Å². The molecule has 141 heavy (non-hydrogen) atoms. The molecule has 746 valence electrons. The Morgan fingerprint density at radius 2 is 0.709 bits per heavy atom. The summed E-state index contributed by atoms with van der Waals surface area (Å²) < 4.78 is 174. The molecule has 0 bridgehead atoms. The van der Waals surface area contributed by atoms with Crippen LogP contribution in [-0.2, 0) is 78.1 Å². The van der Waals surface area contributed by atoms with Crippen molar-refractivity contribution < 1.29 is 109 Å². The number of aromatic hydroxyl groups is 1. The second kappa shape index (κ2) is 44.2. The predicted octanol–water partition coefficient (Wildman–Crippen LogP) is 13.3. The number of carbonyl (C=O) groups excluding carboxylic acids is 9. The monoisotopic (exact) mass is 2080 g/mol. The highest BCUT2D eigenvalue weighted by Crippen LogP contribution is 2.40. The molecule has 9 amide bonds. The molecule has 0 radical (unpaired) electrons. The summed E-state index contributed by atoms with van der Waals surface area (Å²) in [5.74, 6) is -10.7. The Bertz CT molecular complexity index is 7260. The number of rotatable bonds is 27. The second-order valence-corrected chi connectivity index (χ2v) is 42.9. The van der Waals surface area contributed by atoms with E-state index >= 15 is 13.2 Å². The Kier molecular flexibility index (Phi) is 33.3. The van der Waals surface area contributed by atoms with E-state index in [0.29, 0.717) is 37.1 Å². The van der Waals surface area contributed by atoms with Gasteiger partial charge >= 0.3 is 0 Å². The number of primary sulfonamides is 1. The zero-order valence-electron chi connectivity index (χ0n) is 75.9. The lowest BCUT2D eigenvalue weighted by Gasteiger charge is -2.24. The number of phenolic OH excluding ortho intramolecular Hbond substituents is 1. The van der Waals surface area contributed by atoms with Crippen LogP contribution in [0.2, 0.25) is 15.1 Å². The van der Waals surface area contributed by atoms with E-state index in [2.05, 4.69) is 31.2 Å². The number of nitrogens with two attached hydrogens (primary N) is 4. The van der Waals surface area contributed by atoms with Crippen molar-refractivity contribution in [3.05, 3.63) is 232 Å². The summed E-state index contributed by atoms with van der Waals surface area (Å²) in [5.41, 5.74) is 17.1. The van der Waals surface area contributed by atoms with E-state index in [1.807, 2.05) is 20.8 Å². The number of hydrogen-bond acceptors (Lipinski definition) is 21. The lowest BCUT2D eigenvalue weighted by atomic mass is 10.0. The van der Waals surface area contributed by atoms with Gasteiger partial charge in [-0.3, -0.25) is 57.2 Å².